The fourth-order valence-electron chi connectivity index (χ4n) is 4.56. The number of carbonyl (C=O) groups is 1. The lowest BCUT2D eigenvalue weighted by molar-refractivity contribution is 0.0705. The number of nitrogens with zero attached hydrogens (tertiary/aromatic N) is 4. The first-order chi connectivity index (χ1) is 17.2. The summed E-state index contributed by atoms with van der Waals surface area (Å²) in [7, 11) is 0. The van der Waals surface area contributed by atoms with Crippen LogP contribution in [0.3, 0.4) is 0 Å². The van der Waals surface area contributed by atoms with E-state index in [1.165, 1.54) is 0 Å². The van der Waals surface area contributed by atoms with Gasteiger partial charge < -0.3 is 4.90 Å². The average molecular weight is 481 g/mol. The Morgan fingerprint density at radius 2 is 1.80 bits per heavy atom. The van der Waals surface area contributed by atoms with Crippen LogP contribution >= 0.6 is 11.8 Å². The molecule has 6 heteroatoms. The lowest BCUT2D eigenvalue weighted by Gasteiger charge is -2.33. The number of carbonyl (C=O) groups excluding carboxylic acids is 1. The van der Waals surface area contributed by atoms with Crippen molar-refractivity contribution in [2.75, 3.05) is 13.1 Å². The van der Waals surface area contributed by atoms with Crippen LogP contribution in [0.15, 0.2) is 90.5 Å². The van der Waals surface area contributed by atoms with Crippen LogP contribution in [0, 0.1) is 6.92 Å². The fraction of sp³-hybridized carbons (Fsp3) is 0.241. The molecule has 35 heavy (non-hydrogen) atoms. The number of benzene rings is 2. The molecular formula is C29H28N4OS. The summed E-state index contributed by atoms with van der Waals surface area (Å²) < 4.78 is 0. The zero-order valence-corrected chi connectivity index (χ0v) is 20.6. The predicted octanol–water partition coefficient (Wildman–Crippen LogP) is 6.16. The van der Waals surface area contributed by atoms with Gasteiger partial charge in [0.1, 0.15) is 0 Å². The van der Waals surface area contributed by atoms with Gasteiger partial charge in [0.05, 0.1) is 5.69 Å². The molecule has 4 aromatic rings. The molecule has 3 heterocycles. The minimum absolute atomic E-state index is 0.0900. The molecule has 0 unspecified atom stereocenters. The summed E-state index contributed by atoms with van der Waals surface area (Å²) in [6, 6.07) is 22.2. The van der Waals surface area contributed by atoms with Gasteiger partial charge in [-0.15, -0.1) is 0 Å². The molecule has 1 amide bonds. The SMILES string of the molecule is Cc1cnc(SCc2cccnc2)nc1[C@@H]1CCCN(C(=O)c2ccc(-c3ccccc3)cc2)C1. The van der Waals surface area contributed by atoms with Crippen molar-refractivity contribution in [3.63, 3.8) is 0 Å². The largest absolute Gasteiger partial charge is 0.338 e. The predicted molar refractivity (Wildman–Crippen MR) is 140 cm³/mol. The third-order valence-electron chi connectivity index (χ3n) is 6.41. The maximum absolute atomic E-state index is 13.3. The van der Waals surface area contributed by atoms with E-state index in [2.05, 4.69) is 35.1 Å². The Labute approximate surface area is 210 Å². The number of hydrogen-bond acceptors (Lipinski definition) is 5. The first-order valence-corrected chi connectivity index (χ1v) is 13.0. The van der Waals surface area contributed by atoms with E-state index in [0.717, 1.165) is 63.8 Å². The molecule has 5 nitrogen and oxygen atoms in total. The highest BCUT2D eigenvalue weighted by Crippen LogP contribution is 2.30. The standard InChI is InChI=1S/C29H28N4OS/c1-21-17-31-29(35-20-22-7-5-15-30-18-22)32-27(21)26-10-6-16-33(19-26)28(34)25-13-11-24(12-14-25)23-8-3-2-4-9-23/h2-5,7-9,11-15,17-18,26H,6,10,16,19-20H2,1H3/t26-/m1/s1. The molecule has 0 bridgehead atoms. The highest BCUT2D eigenvalue weighted by molar-refractivity contribution is 7.98. The van der Waals surface area contributed by atoms with E-state index in [1.54, 1.807) is 18.0 Å². The van der Waals surface area contributed by atoms with Crippen LogP contribution in [0.2, 0.25) is 0 Å². The van der Waals surface area contributed by atoms with Crippen LogP contribution in [0.25, 0.3) is 11.1 Å². The third kappa shape index (κ3) is 5.60. The average Bonchev–Trinajstić information content (AvgIpc) is 2.93. The summed E-state index contributed by atoms with van der Waals surface area (Å²) in [5.74, 6) is 1.09. The summed E-state index contributed by atoms with van der Waals surface area (Å²) in [4.78, 5) is 28.9. The molecule has 1 aliphatic heterocycles. The maximum Gasteiger partial charge on any atom is 0.253 e. The second-order valence-corrected chi connectivity index (χ2v) is 9.85. The normalized spacial score (nSPS) is 15.7. The molecule has 0 N–H and O–H groups in total. The van der Waals surface area contributed by atoms with Crippen molar-refractivity contribution >= 4 is 17.7 Å². The first-order valence-electron chi connectivity index (χ1n) is 12.0. The zero-order valence-electron chi connectivity index (χ0n) is 19.8. The lowest BCUT2D eigenvalue weighted by Crippen LogP contribution is -2.39. The van der Waals surface area contributed by atoms with Gasteiger partial charge in [0.15, 0.2) is 5.16 Å². The van der Waals surface area contributed by atoms with E-state index in [0.29, 0.717) is 6.54 Å². The summed E-state index contributed by atoms with van der Waals surface area (Å²) in [5.41, 5.74) is 6.30. The summed E-state index contributed by atoms with van der Waals surface area (Å²) in [5, 5.41) is 0.773. The molecule has 1 saturated heterocycles. The molecule has 1 aliphatic rings. The highest BCUT2D eigenvalue weighted by atomic mass is 32.2. The Kier molecular flexibility index (Phi) is 7.19. The Morgan fingerprint density at radius 3 is 2.57 bits per heavy atom. The molecular weight excluding hydrogens is 452 g/mol. The second kappa shape index (κ2) is 10.8. The number of likely N-dealkylation sites (tertiary alicyclic amines) is 1. The molecule has 1 fully saturated rings. The smallest absolute Gasteiger partial charge is 0.253 e. The van der Waals surface area contributed by atoms with Gasteiger partial charge >= 0.3 is 0 Å². The number of amides is 1. The first kappa shape index (κ1) is 23.2. The van der Waals surface area contributed by atoms with Crippen molar-refractivity contribution in [3.8, 4) is 11.1 Å². The van der Waals surface area contributed by atoms with Crippen LogP contribution in [-0.2, 0) is 5.75 Å². The van der Waals surface area contributed by atoms with Gasteiger partial charge in [-0.25, -0.2) is 9.97 Å². The van der Waals surface area contributed by atoms with Crippen molar-refractivity contribution in [3.05, 3.63) is 108 Å². The number of aryl methyl sites for hydroxylation is 1. The number of rotatable bonds is 6. The quantitative estimate of drug-likeness (QED) is 0.244. The van der Waals surface area contributed by atoms with Crippen molar-refractivity contribution in [1.82, 2.24) is 19.9 Å². The number of pyridine rings is 1. The summed E-state index contributed by atoms with van der Waals surface area (Å²) >= 11 is 1.62. The van der Waals surface area contributed by atoms with E-state index in [-0.39, 0.29) is 11.8 Å². The lowest BCUT2D eigenvalue weighted by atomic mass is 9.92. The minimum Gasteiger partial charge on any atom is -0.338 e. The minimum atomic E-state index is 0.0900. The summed E-state index contributed by atoms with van der Waals surface area (Å²) in [6.07, 6.45) is 7.57. The monoisotopic (exact) mass is 480 g/mol. The second-order valence-electron chi connectivity index (χ2n) is 8.90. The molecule has 0 spiro atoms. The third-order valence-corrected chi connectivity index (χ3v) is 7.35. The Balaban J connectivity index is 1.27. The van der Waals surface area contributed by atoms with Crippen LogP contribution in [0.1, 0.15) is 45.9 Å². The molecule has 0 radical (unpaired) electrons. The van der Waals surface area contributed by atoms with E-state index in [4.69, 9.17) is 4.98 Å². The van der Waals surface area contributed by atoms with Crippen molar-refractivity contribution in [2.24, 2.45) is 0 Å². The van der Waals surface area contributed by atoms with Crippen LogP contribution in [0.4, 0.5) is 0 Å². The number of thioether (sulfide) groups is 1. The number of aromatic nitrogens is 3. The van der Waals surface area contributed by atoms with Gasteiger partial charge in [-0.1, -0.05) is 60.3 Å². The van der Waals surface area contributed by atoms with Gasteiger partial charge in [-0.2, -0.15) is 0 Å². The van der Waals surface area contributed by atoms with Crippen LogP contribution < -0.4 is 0 Å². The van der Waals surface area contributed by atoms with Gasteiger partial charge in [0.2, 0.25) is 0 Å². The molecule has 0 aliphatic carbocycles. The molecule has 0 saturated carbocycles. The zero-order chi connectivity index (χ0) is 24.0. The molecule has 5 rings (SSSR count). The van der Waals surface area contributed by atoms with Gasteiger partial charge in [-0.05, 0) is 60.2 Å². The fourth-order valence-corrected chi connectivity index (χ4v) is 5.31. The van der Waals surface area contributed by atoms with Gasteiger partial charge in [0, 0.05) is 48.9 Å². The van der Waals surface area contributed by atoms with E-state index in [1.807, 2.05) is 65.8 Å². The molecule has 176 valence electrons. The maximum atomic E-state index is 13.3. The highest BCUT2D eigenvalue weighted by Gasteiger charge is 2.27. The Hall–Kier alpha value is -3.51. The molecule has 2 aromatic carbocycles. The molecule has 2 aromatic heterocycles. The Morgan fingerprint density at radius 1 is 1.00 bits per heavy atom. The summed E-state index contributed by atoms with van der Waals surface area (Å²) in [6.45, 7) is 3.53. The van der Waals surface area contributed by atoms with Crippen LogP contribution in [0.5, 0.6) is 0 Å². The van der Waals surface area contributed by atoms with E-state index in [9.17, 15) is 4.79 Å². The van der Waals surface area contributed by atoms with Crippen LogP contribution in [-0.4, -0.2) is 38.8 Å². The van der Waals surface area contributed by atoms with Crippen molar-refractivity contribution < 1.29 is 4.79 Å². The number of piperidine rings is 1. The van der Waals surface area contributed by atoms with Crippen molar-refractivity contribution in [2.45, 2.75) is 36.6 Å². The number of hydrogen-bond donors (Lipinski definition) is 0. The Bertz CT molecular complexity index is 1280. The van der Waals surface area contributed by atoms with Gasteiger partial charge in [0.25, 0.3) is 5.91 Å². The van der Waals surface area contributed by atoms with Crippen molar-refractivity contribution in [1.29, 1.82) is 0 Å². The van der Waals surface area contributed by atoms with E-state index >= 15 is 0 Å². The topological polar surface area (TPSA) is 59.0 Å². The van der Waals surface area contributed by atoms with Gasteiger partial charge in [-0.3, -0.25) is 9.78 Å². The molecule has 1 atom stereocenters. The van der Waals surface area contributed by atoms with E-state index < -0.39 is 0 Å².